The molecule has 50 valence electrons. The van der Waals surface area contributed by atoms with Crippen molar-refractivity contribution in [1.29, 1.82) is 0 Å². The molecule has 0 aliphatic heterocycles. The zero-order valence-electron chi connectivity index (χ0n) is 5.59. The van der Waals surface area contributed by atoms with Crippen LogP contribution in [0.5, 0.6) is 0 Å². The molecule has 0 saturated heterocycles. The Bertz CT molecular complexity index is 150. The van der Waals surface area contributed by atoms with Crippen molar-refractivity contribution in [1.82, 2.24) is 0 Å². The van der Waals surface area contributed by atoms with Crippen LogP contribution in [0.3, 0.4) is 0 Å². The smallest absolute Gasteiger partial charge is 0.0516 e. The minimum absolute atomic E-state index is 0. The molecular formula is C7H12OSi. The van der Waals surface area contributed by atoms with E-state index in [0.717, 1.165) is 0 Å². The van der Waals surface area contributed by atoms with Crippen molar-refractivity contribution in [3.8, 4) is 0 Å². The first-order valence-electron chi connectivity index (χ1n) is 2.97. The summed E-state index contributed by atoms with van der Waals surface area (Å²) in [7, 11) is 0.0913. The molecule has 0 radical (unpaired) electrons. The van der Waals surface area contributed by atoms with Crippen molar-refractivity contribution in [2.24, 2.45) is 0 Å². The Hall–Kier alpha value is -0.603. The SMILES string of the molecule is C[SiH2]c1ccccc1.O. The van der Waals surface area contributed by atoms with Crippen LogP contribution in [0, 0.1) is 0 Å². The van der Waals surface area contributed by atoms with Gasteiger partial charge in [-0.25, -0.2) is 0 Å². The maximum absolute atomic E-state index is 2.30. The summed E-state index contributed by atoms with van der Waals surface area (Å²) >= 11 is 0. The van der Waals surface area contributed by atoms with Gasteiger partial charge in [0.2, 0.25) is 0 Å². The van der Waals surface area contributed by atoms with Crippen molar-refractivity contribution in [2.75, 3.05) is 0 Å². The fourth-order valence-electron chi connectivity index (χ4n) is 0.714. The summed E-state index contributed by atoms with van der Waals surface area (Å²) < 4.78 is 0. The van der Waals surface area contributed by atoms with E-state index in [9.17, 15) is 0 Å². The minimum Gasteiger partial charge on any atom is -0.412 e. The highest BCUT2D eigenvalue weighted by Gasteiger charge is 1.80. The van der Waals surface area contributed by atoms with Gasteiger partial charge in [0.25, 0.3) is 0 Å². The fraction of sp³-hybridized carbons (Fsp3) is 0.143. The highest BCUT2D eigenvalue weighted by molar-refractivity contribution is 6.51. The second kappa shape index (κ2) is 4.29. The van der Waals surface area contributed by atoms with Crippen LogP contribution < -0.4 is 5.19 Å². The summed E-state index contributed by atoms with van der Waals surface area (Å²) in [5.41, 5.74) is 0. The lowest BCUT2D eigenvalue weighted by Gasteiger charge is -1.89. The molecule has 0 aliphatic rings. The van der Waals surface area contributed by atoms with Crippen LogP contribution in [-0.4, -0.2) is 15.0 Å². The van der Waals surface area contributed by atoms with Gasteiger partial charge in [-0.2, -0.15) is 0 Å². The summed E-state index contributed by atoms with van der Waals surface area (Å²) in [5.74, 6) is 0. The van der Waals surface area contributed by atoms with Gasteiger partial charge >= 0.3 is 0 Å². The largest absolute Gasteiger partial charge is 0.412 e. The predicted molar refractivity (Wildman–Crippen MR) is 44.1 cm³/mol. The molecule has 0 amide bonds. The molecule has 0 atom stereocenters. The third-order valence-corrected chi connectivity index (χ3v) is 2.54. The van der Waals surface area contributed by atoms with Gasteiger partial charge in [-0.3, -0.25) is 0 Å². The standard InChI is InChI=1S/C7H10Si.H2O/c1-8-7-5-3-2-4-6-7;/h2-6H,8H2,1H3;1H2. The molecule has 0 unspecified atom stereocenters. The lowest BCUT2D eigenvalue weighted by Crippen LogP contribution is -2.07. The van der Waals surface area contributed by atoms with E-state index in [1.807, 2.05) is 0 Å². The normalized spacial score (nSPS) is 9.44. The van der Waals surface area contributed by atoms with Crippen molar-refractivity contribution in [2.45, 2.75) is 6.55 Å². The maximum Gasteiger partial charge on any atom is 0.0516 e. The Labute approximate surface area is 57.9 Å². The van der Waals surface area contributed by atoms with Crippen molar-refractivity contribution < 1.29 is 5.48 Å². The van der Waals surface area contributed by atoms with Gasteiger partial charge in [-0.05, 0) is 0 Å². The Morgan fingerprint density at radius 3 is 2.00 bits per heavy atom. The van der Waals surface area contributed by atoms with Crippen molar-refractivity contribution >= 4 is 14.7 Å². The van der Waals surface area contributed by atoms with E-state index in [4.69, 9.17) is 0 Å². The molecule has 0 fully saturated rings. The minimum atomic E-state index is 0. The molecule has 0 bridgehead atoms. The molecule has 2 heteroatoms. The average molecular weight is 140 g/mol. The van der Waals surface area contributed by atoms with E-state index in [2.05, 4.69) is 36.9 Å². The third kappa shape index (κ3) is 2.44. The molecule has 1 nitrogen and oxygen atoms in total. The van der Waals surface area contributed by atoms with E-state index in [1.165, 1.54) is 0 Å². The lowest BCUT2D eigenvalue weighted by atomic mass is 10.4. The maximum atomic E-state index is 2.30. The fourth-order valence-corrected chi connectivity index (χ4v) is 1.46. The Kier molecular flexibility index (Phi) is 4.01. The predicted octanol–water partition coefficient (Wildman–Crippen LogP) is -0.296. The van der Waals surface area contributed by atoms with Crippen LogP contribution in [0.25, 0.3) is 0 Å². The Morgan fingerprint density at radius 1 is 1.11 bits per heavy atom. The molecule has 1 rings (SSSR count). The topological polar surface area (TPSA) is 31.5 Å². The first-order chi connectivity index (χ1) is 3.93. The molecule has 0 aromatic heterocycles. The van der Waals surface area contributed by atoms with Gasteiger partial charge in [0.1, 0.15) is 0 Å². The molecule has 0 heterocycles. The van der Waals surface area contributed by atoms with Crippen LogP contribution in [0.1, 0.15) is 0 Å². The Balaban J connectivity index is 0.000000640. The summed E-state index contributed by atoms with van der Waals surface area (Å²) in [6.07, 6.45) is 0. The molecule has 1 aromatic carbocycles. The summed E-state index contributed by atoms with van der Waals surface area (Å²) in [6, 6.07) is 10.7. The van der Waals surface area contributed by atoms with Crippen LogP contribution in [-0.2, 0) is 0 Å². The summed E-state index contributed by atoms with van der Waals surface area (Å²) in [5, 5.41) is 1.55. The molecule has 9 heavy (non-hydrogen) atoms. The molecule has 0 aliphatic carbocycles. The number of rotatable bonds is 1. The van der Waals surface area contributed by atoms with Gasteiger partial charge in [0.05, 0.1) is 9.52 Å². The third-order valence-electron chi connectivity index (χ3n) is 1.25. The first-order valence-corrected chi connectivity index (χ1v) is 5.09. The van der Waals surface area contributed by atoms with Crippen molar-refractivity contribution in [3.63, 3.8) is 0 Å². The molecule has 0 spiro atoms. The van der Waals surface area contributed by atoms with E-state index in [-0.39, 0.29) is 15.0 Å². The summed E-state index contributed by atoms with van der Waals surface area (Å²) in [4.78, 5) is 0. The first kappa shape index (κ1) is 8.40. The van der Waals surface area contributed by atoms with E-state index in [0.29, 0.717) is 0 Å². The molecule has 1 aromatic rings. The lowest BCUT2D eigenvalue weighted by molar-refractivity contribution is 0.824. The zero-order valence-corrected chi connectivity index (χ0v) is 7.01. The van der Waals surface area contributed by atoms with Gasteiger partial charge in [-0.15, -0.1) is 0 Å². The van der Waals surface area contributed by atoms with Crippen LogP contribution >= 0.6 is 0 Å². The highest BCUT2D eigenvalue weighted by atomic mass is 28.2. The molecule has 0 saturated carbocycles. The number of hydrogen-bond donors (Lipinski definition) is 0. The monoisotopic (exact) mass is 140 g/mol. The quantitative estimate of drug-likeness (QED) is 0.480. The highest BCUT2D eigenvalue weighted by Crippen LogP contribution is 1.79. The van der Waals surface area contributed by atoms with Gasteiger partial charge in [0, 0.05) is 0 Å². The van der Waals surface area contributed by atoms with E-state index in [1.54, 1.807) is 5.19 Å². The Morgan fingerprint density at radius 2 is 1.67 bits per heavy atom. The van der Waals surface area contributed by atoms with Crippen LogP contribution in [0.2, 0.25) is 6.55 Å². The van der Waals surface area contributed by atoms with Crippen LogP contribution in [0.4, 0.5) is 0 Å². The van der Waals surface area contributed by atoms with E-state index >= 15 is 0 Å². The van der Waals surface area contributed by atoms with E-state index < -0.39 is 0 Å². The van der Waals surface area contributed by atoms with Crippen molar-refractivity contribution in [3.05, 3.63) is 30.3 Å². The average Bonchev–Trinajstić information content (AvgIpc) is 1.90. The number of benzene rings is 1. The van der Waals surface area contributed by atoms with Gasteiger partial charge < -0.3 is 5.48 Å². The van der Waals surface area contributed by atoms with Gasteiger partial charge in [-0.1, -0.05) is 42.1 Å². The second-order valence-corrected chi connectivity index (χ2v) is 3.36. The second-order valence-electron chi connectivity index (χ2n) is 1.84. The molecular weight excluding hydrogens is 128 g/mol. The number of hydrogen-bond acceptors (Lipinski definition) is 0. The van der Waals surface area contributed by atoms with Gasteiger partial charge in [0.15, 0.2) is 0 Å². The zero-order chi connectivity index (χ0) is 5.82. The summed E-state index contributed by atoms with van der Waals surface area (Å²) in [6.45, 7) is 2.30. The molecule has 2 N–H and O–H groups in total. The van der Waals surface area contributed by atoms with Crippen LogP contribution in [0.15, 0.2) is 30.3 Å².